The molecule has 0 bridgehead atoms. The molecule has 0 aliphatic carbocycles. The number of nitrogens with one attached hydrogen (secondary N) is 1. The predicted octanol–water partition coefficient (Wildman–Crippen LogP) is 0.0649. The molecule has 1 aliphatic rings. The molecular weight excluding hydrogens is 132 g/mol. The van der Waals surface area contributed by atoms with Crippen LogP contribution in [0, 0.1) is 0 Å². The van der Waals surface area contributed by atoms with Gasteiger partial charge in [-0.2, -0.15) is 0 Å². The number of amides is 1. The molecule has 0 atom stereocenters. The number of carbonyl (C=O) groups is 1. The Morgan fingerprint density at radius 2 is 2.40 bits per heavy atom. The van der Waals surface area contributed by atoms with Gasteiger partial charge in [-0.1, -0.05) is 0 Å². The molecule has 1 saturated heterocycles. The van der Waals surface area contributed by atoms with Crippen LogP contribution in [0.25, 0.3) is 0 Å². The van der Waals surface area contributed by atoms with Crippen LogP contribution in [0.4, 0.5) is 0 Å². The monoisotopic (exact) mass is 144 g/mol. The summed E-state index contributed by atoms with van der Waals surface area (Å²) in [6, 6.07) is 0. The molecule has 4 nitrogen and oxygen atoms in total. The lowest BCUT2D eigenvalue weighted by atomic mass is 10.1. The topological polar surface area (TPSA) is 41.6 Å². The van der Waals surface area contributed by atoms with Crippen molar-refractivity contribution in [3.63, 3.8) is 0 Å². The lowest BCUT2D eigenvalue weighted by molar-refractivity contribution is -0.151. The molecule has 1 heterocycles. The lowest BCUT2D eigenvalue weighted by Crippen LogP contribution is -2.44. The summed E-state index contributed by atoms with van der Waals surface area (Å²) in [5, 5.41) is 1.50. The molecule has 4 heteroatoms. The largest absolute Gasteiger partial charge is 0.285 e. The van der Waals surface area contributed by atoms with Crippen molar-refractivity contribution >= 4 is 5.91 Å². The normalized spacial score (nSPS) is 19.7. The number of hydrazine groups is 1. The fraction of sp³-hybridized carbons (Fsp3) is 0.833. The average Bonchev–Trinajstić information content (AvgIpc) is 1.94. The zero-order valence-corrected chi connectivity index (χ0v) is 6.09. The van der Waals surface area contributed by atoms with E-state index in [0.29, 0.717) is 6.42 Å². The molecule has 0 aromatic heterocycles. The zero-order valence-electron chi connectivity index (χ0n) is 6.09. The second kappa shape index (κ2) is 3.53. The molecule has 10 heavy (non-hydrogen) atoms. The number of piperidine rings is 1. The Morgan fingerprint density at radius 1 is 1.60 bits per heavy atom. The van der Waals surface area contributed by atoms with Gasteiger partial charge in [-0.25, -0.2) is 0 Å². The summed E-state index contributed by atoms with van der Waals surface area (Å²) in [6.45, 7) is 0.757. The number of nitrogens with zero attached hydrogens (tertiary/aromatic N) is 1. The van der Waals surface area contributed by atoms with Gasteiger partial charge in [-0.15, -0.1) is 5.59 Å². The molecule has 0 aromatic rings. The Kier molecular flexibility index (Phi) is 2.65. The van der Waals surface area contributed by atoms with E-state index in [1.807, 2.05) is 0 Å². The van der Waals surface area contributed by atoms with Crippen molar-refractivity contribution in [2.45, 2.75) is 19.3 Å². The molecule has 1 amide bonds. The molecule has 0 unspecified atom stereocenters. The van der Waals surface area contributed by atoms with Crippen molar-refractivity contribution in [2.24, 2.45) is 0 Å². The van der Waals surface area contributed by atoms with Crippen LogP contribution < -0.4 is 5.59 Å². The molecule has 0 radical (unpaired) electrons. The van der Waals surface area contributed by atoms with Crippen molar-refractivity contribution < 1.29 is 9.63 Å². The van der Waals surface area contributed by atoms with Gasteiger partial charge in [-0.3, -0.25) is 14.6 Å². The first-order valence-corrected chi connectivity index (χ1v) is 3.43. The van der Waals surface area contributed by atoms with E-state index in [1.165, 1.54) is 12.1 Å². The van der Waals surface area contributed by atoms with E-state index in [-0.39, 0.29) is 5.91 Å². The Bertz CT molecular complexity index is 125. The van der Waals surface area contributed by atoms with Crippen LogP contribution in [0.5, 0.6) is 0 Å². The van der Waals surface area contributed by atoms with Crippen molar-refractivity contribution in [2.75, 3.05) is 13.7 Å². The van der Waals surface area contributed by atoms with Gasteiger partial charge in [0, 0.05) is 13.0 Å². The second-order valence-corrected chi connectivity index (χ2v) is 2.30. The van der Waals surface area contributed by atoms with E-state index in [0.717, 1.165) is 19.4 Å². The third-order valence-electron chi connectivity index (χ3n) is 1.52. The Morgan fingerprint density at radius 3 is 3.00 bits per heavy atom. The van der Waals surface area contributed by atoms with E-state index < -0.39 is 0 Å². The van der Waals surface area contributed by atoms with Crippen LogP contribution in [0.15, 0.2) is 0 Å². The summed E-state index contributed by atoms with van der Waals surface area (Å²) in [4.78, 5) is 15.6. The maximum Gasteiger partial charge on any atom is 0.238 e. The van der Waals surface area contributed by atoms with Crippen LogP contribution in [-0.2, 0) is 9.63 Å². The van der Waals surface area contributed by atoms with Gasteiger partial charge in [0.05, 0.1) is 7.11 Å². The molecule has 1 fully saturated rings. The summed E-state index contributed by atoms with van der Waals surface area (Å²) in [7, 11) is 1.50. The maximum absolute atomic E-state index is 11.0. The first-order chi connectivity index (χ1) is 4.84. The van der Waals surface area contributed by atoms with Crippen LogP contribution >= 0.6 is 0 Å². The fourth-order valence-electron chi connectivity index (χ4n) is 1.01. The van der Waals surface area contributed by atoms with Gasteiger partial charge in [0.15, 0.2) is 0 Å². The maximum atomic E-state index is 11.0. The highest BCUT2D eigenvalue weighted by Gasteiger charge is 2.16. The molecule has 58 valence electrons. The molecule has 1 N–H and O–H groups in total. The SMILES string of the molecule is CONN1CCCCC1=O. The minimum absolute atomic E-state index is 0.119. The fourth-order valence-corrected chi connectivity index (χ4v) is 1.01. The first kappa shape index (κ1) is 7.50. The highest BCUT2D eigenvalue weighted by molar-refractivity contribution is 5.76. The molecule has 0 aromatic carbocycles. The predicted molar refractivity (Wildman–Crippen MR) is 35.7 cm³/mol. The molecular formula is C6H12N2O2. The second-order valence-electron chi connectivity index (χ2n) is 2.30. The van der Waals surface area contributed by atoms with E-state index in [9.17, 15) is 4.79 Å². The van der Waals surface area contributed by atoms with Gasteiger partial charge < -0.3 is 0 Å². The average molecular weight is 144 g/mol. The van der Waals surface area contributed by atoms with Crippen LogP contribution in [0.3, 0.4) is 0 Å². The molecule has 0 saturated carbocycles. The van der Waals surface area contributed by atoms with E-state index in [4.69, 9.17) is 0 Å². The lowest BCUT2D eigenvalue weighted by Gasteiger charge is -2.25. The number of rotatable bonds is 2. The molecule has 0 spiro atoms. The number of carbonyl (C=O) groups excluding carboxylic acids is 1. The third kappa shape index (κ3) is 1.68. The van der Waals surface area contributed by atoms with Gasteiger partial charge in [-0.05, 0) is 12.8 Å². The van der Waals surface area contributed by atoms with Gasteiger partial charge in [0.1, 0.15) is 0 Å². The van der Waals surface area contributed by atoms with Gasteiger partial charge in [0.25, 0.3) is 0 Å². The summed E-state index contributed by atoms with van der Waals surface area (Å²) < 4.78 is 0. The van der Waals surface area contributed by atoms with Crippen LogP contribution in [0.1, 0.15) is 19.3 Å². The minimum atomic E-state index is 0.119. The van der Waals surface area contributed by atoms with E-state index >= 15 is 0 Å². The number of hydrogen-bond donors (Lipinski definition) is 1. The highest BCUT2D eigenvalue weighted by Crippen LogP contribution is 2.07. The van der Waals surface area contributed by atoms with E-state index in [2.05, 4.69) is 10.4 Å². The van der Waals surface area contributed by atoms with Gasteiger partial charge >= 0.3 is 0 Å². The standard InChI is InChI=1S/C6H12N2O2/c1-10-7-8-5-3-2-4-6(8)9/h7H,2-5H2,1H3. The minimum Gasteiger partial charge on any atom is -0.285 e. The first-order valence-electron chi connectivity index (χ1n) is 3.43. The summed E-state index contributed by atoms with van der Waals surface area (Å²) >= 11 is 0. The van der Waals surface area contributed by atoms with E-state index in [1.54, 1.807) is 0 Å². The van der Waals surface area contributed by atoms with Crippen molar-refractivity contribution in [1.82, 2.24) is 10.6 Å². The Labute approximate surface area is 60.1 Å². The van der Waals surface area contributed by atoms with Crippen molar-refractivity contribution in [3.05, 3.63) is 0 Å². The Balaban J connectivity index is 2.32. The zero-order chi connectivity index (χ0) is 7.40. The summed E-state index contributed by atoms with van der Waals surface area (Å²) in [5.74, 6) is 0.119. The molecule has 1 rings (SSSR count). The third-order valence-corrected chi connectivity index (χ3v) is 1.52. The summed E-state index contributed by atoms with van der Waals surface area (Å²) in [5.41, 5.74) is 2.52. The molecule has 1 aliphatic heterocycles. The van der Waals surface area contributed by atoms with Crippen LogP contribution in [-0.4, -0.2) is 24.6 Å². The number of hydrogen-bond acceptors (Lipinski definition) is 3. The summed E-state index contributed by atoms with van der Waals surface area (Å²) in [6.07, 6.45) is 2.69. The van der Waals surface area contributed by atoms with Crippen LogP contribution in [0.2, 0.25) is 0 Å². The van der Waals surface area contributed by atoms with Crippen molar-refractivity contribution in [1.29, 1.82) is 0 Å². The quantitative estimate of drug-likeness (QED) is 0.557. The highest BCUT2D eigenvalue weighted by atomic mass is 16.7. The van der Waals surface area contributed by atoms with Gasteiger partial charge in [0.2, 0.25) is 5.91 Å². The Hall–Kier alpha value is -0.610. The smallest absolute Gasteiger partial charge is 0.238 e. The van der Waals surface area contributed by atoms with Crippen molar-refractivity contribution in [3.8, 4) is 0 Å².